The Labute approximate surface area is 178 Å². The molecule has 1 aromatic rings. The Balaban J connectivity index is 1.43. The second-order valence-electron chi connectivity index (χ2n) is 8.37. The molecular weight excluding hydrogens is 384 g/mol. The van der Waals surface area contributed by atoms with Crippen molar-refractivity contribution in [2.75, 3.05) is 13.2 Å². The van der Waals surface area contributed by atoms with Crippen LogP contribution in [0, 0.1) is 0 Å². The molecule has 164 valence electrons. The van der Waals surface area contributed by atoms with Gasteiger partial charge in [0.1, 0.15) is 5.75 Å². The number of amides is 2. The molecule has 1 saturated carbocycles. The molecule has 2 unspecified atom stereocenters. The van der Waals surface area contributed by atoms with Gasteiger partial charge in [-0.25, -0.2) is 4.79 Å². The van der Waals surface area contributed by atoms with Crippen LogP contribution in [-0.4, -0.2) is 54.0 Å². The Morgan fingerprint density at radius 1 is 0.933 bits per heavy atom. The van der Waals surface area contributed by atoms with Crippen molar-refractivity contribution < 1.29 is 23.9 Å². The van der Waals surface area contributed by atoms with Gasteiger partial charge in [0.2, 0.25) is 0 Å². The fraction of sp³-hybridized carbons (Fsp3) is 0.609. The molecule has 7 nitrogen and oxygen atoms in total. The lowest BCUT2D eigenvalue weighted by Gasteiger charge is -2.38. The number of piperidine rings is 1. The van der Waals surface area contributed by atoms with Crippen LogP contribution in [0.1, 0.15) is 69.2 Å². The molecule has 0 spiro atoms. The van der Waals surface area contributed by atoms with Crippen LogP contribution in [0.25, 0.3) is 0 Å². The first-order valence-electron chi connectivity index (χ1n) is 10.9. The lowest BCUT2D eigenvalue weighted by atomic mass is 9.97. The number of hydrogen-bond acceptors (Lipinski definition) is 5. The van der Waals surface area contributed by atoms with Crippen molar-refractivity contribution in [2.24, 2.45) is 0 Å². The van der Waals surface area contributed by atoms with Crippen molar-refractivity contribution in [2.45, 2.75) is 76.9 Å². The molecule has 1 heterocycles. The topological polar surface area (TPSA) is 84.9 Å². The second-order valence-corrected chi connectivity index (χ2v) is 8.37. The third-order valence-electron chi connectivity index (χ3n) is 5.99. The van der Waals surface area contributed by atoms with Gasteiger partial charge in [-0.3, -0.25) is 9.59 Å². The lowest BCUT2D eigenvalue weighted by Crippen LogP contribution is -2.49. The summed E-state index contributed by atoms with van der Waals surface area (Å²) in [5.41, 5.74) is 0.334. The standard InChI is InChI=1S/C23H32N2O5/c1-16-6-5-7-17(2)25(16)22(27)15-29-20-12-10-18(11-13-20)23(28)30-14-21(26)24-19-8-3-4-9-19/h10-13,16-17,19H,3-9,14-15H2,1-2H3,(H,24,26). The zero-order chi connectivity index (χ0) is 21.5. The predicted molar refractivity (Wildman–Crippen MR) is 112 cm³/mol. The molecule has 1 aromatic carbocycles. The Hall–Kier alpha value is -2.57. The number of carbonyl (C=O) groups excluding carboxylic acids is 3. The SMILES string of the molecule is CC1CCCC(C)N1C(=O)COc1ccc(C(=O)OCC(=O)NC2CCCC2)cc1. The average molecular weight is 417 g/mol. The van der Waals surface area contributed by atoms with Gasteiger partial charge in [-0.15, -0.1) is 0 Å². The van der Waals surface area contributed by atoms with E-state index in [1.807, 2.05) is 4.90 Å². The summed E-state index contributed by atoms with van der Waals surface area (Å²) in [7, 11) is 0. The first-order chi connectivity index (χ1) is 14.4. The largest absolute Gasteiger partial charge is 0.484 e. The molecule has 0 radical (unpaired) electrons. The maximum atomic E-state index is 12.5. The van der Waals surface area contributed by atoms with E-state index in [0.717, 1.165) is 44.9 Å². The molecule has 30 heavy (non-hydrogen) atoms. The van der Waals surface area contributed by atoms with E-state index in [1.54, 1.807) is 24.3 Å². The molecule has 1 aliphatic carbocycles. The Bertz CT molecular complexity index is 732. The smallest absolute Gasteiger partial charge is 0.338 e. The van der Waals surface area contributed by atoms with E-state index in [1.165, 1.54) is 0 Å². The molecule has 2 amide bonds. The number of esters is 1. The van der Waals surface area contributed by atoms with Gasteiger partial charge in [0.15, 0.2) is 13.2 Å². The zero-order valence-electron chi connectivity index (χ0n) is 17.9. The van der Waals surface area contributed by atoms with E-state index in [9.17, 15) is 14.4 Å². The van der Waals surface area contributed by atoms with Gasteiger partial charge in [-0.1, -0.05) is 12.8 Å². The van der Waals surface area contributed by atoms with Crippen molar-refractivity contribution >= 4 is 17.8 Å². The number of hydrogen-bond donors (Lipinski definition) is 1. The van der Waals surface area contributed by atoms with Crippen LogP contribution < -0.4 is 10.1 Å². The number of ether oxygens (including phenoxy) is 2. The highest BCUT2D eigenvalue weighted by atomic mass is 16.5. The number of benzene rings is 1. The van der Waals surface area contributed by atoms with Crippen LogP contribution in [0.15, 0.2) is 24.3 Å². The molecule has 2 fully saturated rings. The highest BCUT2D eigenvalue weighted by molar-refractivity contribution is 5.91. The van der Waals surface area contributed by atoms with E-state index in [0.29, 0.717) is 11.3 Å². The molecule has 3 rings (SSSR count). The van der Waals surface area contributed by atoms with Crippen molar-refractivity contribution in [1.29, 1.82) is 0 Å². The van der Waals surface area contributed by atoms with Gasteiger partial charge in [-0.05, 0) is 70.2 Å². The molecule has 1 aliphatic heterocycles. The predicted octanol–water partition coefficient (Wildman–Crippen LogP) is 3.07. The number of nitrogens with one attached hydrogen (secondary N) is 1. The van der Waals surface area contributed by atoms with Crippen LogP contribution in [0.2, 0.25) is 0 Å². The lowest BCUT2D eigenvalue weighted by molar-refractivity contribution is -0.139. The highest BCUT2D eigenvalue weighted by Gasteiger charge is 2.29. The maximum absolute atomic E-state index is 12.5. The first-order valence-corrected chi connectivity index (χ1v) is 10.9. The Morgan fingerprint density at radius 3 is 2.20 bits per heavy atom. The quantitative estimate of drug-likeness (QED) is 0.691. The van der Waals surface area contributed by atoms with Gasteiger partial charge in [0, 0.05) is 18.1 Å². The minimum absolute atomic E-state index is 0.0218. The summed E-state index contributed by atoms with van der Waals surface area (Å²) in [6, 6.07) is 7.07. The molecule has 1 N–H and O–H groups in total. The number of nitrogens with zero attached hydrogens (tertiary/aromatic N) is 1. The summed E-state index contributed by atoms with van der Waals surface area (Å²) in [4.78, 5) is 38.4. The summed E-state index contributed by atoms with van der Waals surface area (Å²) in [5.74, 6) is -0.340. The maximum Gasteiger partial charge on any atom is 0.338 e. The van der Waals surface area contributed by atoms with Gasteiger partial charge in [0.05, 0.1) is 5.56 Å². The summed E-state index contributed by atoms with van der Waals surface area (Å²) >= 11 is 0. The van der Waals surface area contributed by atoms with Crippen molar-refractivity contribution in [3.63, 3.8) is 0 Å². The average Bonchev–Trinajstić information content (AvgIpc) is 3.23. The fourth-order valence-corrected chi connectivity index (χ4v) is 4.37. The normalized spacial score (nSPS) is 21.9. The van der Waals surface area contributed by atoms with Gasteiger partial charge < -0.3 is 19.7 Å². The summed E-state index contributed by atoms with van der Waals surface area (Å²) in [5, 5.41) is 2.88. The number of rotatable bonds is 7. The zero-order valence-corrected chi connectivity index (χ0v) is 17.9. The molecule has 0 bridgehead atoms. The third-order valence-corrected chi connectivity index (χ3v) is 5.99. The third kappa shape index (κ3) is 5.97. The molecule has 1 saturated heterocycles. The molecule has 2 atom stereocenters. The van der Waals surface area contributed by atoms with Crippen molar-refractivity contribution in [3.8, 4) is 5.75 Å². The van der Waals surface area contributed by atoms with Crippen LogP contribution in [-0.2, 0) is 14.3 Å². The molecule has 2 aliphatic rings. The number of carbonyl (C=O) groups is 3. The number of likely N-dealkylation sites (tertiary alicyclic amines) is 1. The van der Waals surface area contributed by atoms with Crippen LogP contribution >= 0.6 is 0 Å². The Morgan fingerprint density at radius 2 is 1.57 bits per heavy atom. The highest BCUT2D eigenvalue weighted by Crippen LogP contribution is 2.23. The van der Waals surface area contributed by atoms with E-state index in [-0.39, 0.29) is 43.2 Å². The molecule has 0 aromatic heterocycles. The summed E-state index contributed by atoms with van der Waals surface area (Å²) in [6.07, 6.45) is 7.41. The Kier molecular flexibility index (Phi) is 7.71. The van der Waals surface area contributed by atoms with Gasteiger partial charge >= 0.3 is 5.97 Å². The fourth-order valence-electron chi connectivity index (χ4n) is 4.37. The monoisotopic (exact) mass is 416 g/mol. The van der Waals surface area contributed by atoms with Crippen molar-refractivity contribution in [3.05, 3.63) is 29.8 Å². The second kappa shape index (κ2) is 10.5. The summed E-state index contributed by atoms with van der Waals surface area (Å²) < 4.78 is 10.7. The van der Waals surface area contributed by atoms with E-state index < -0.39 is 5.97 Å². The van der Waals surface area contributed by atoms with E-state index >= 15 is 0 Å². The summed E-state index contributed by atoms with van der Waals surface area (Å²) in [6.45, 7) is 3.83. The van der Waals surface area contributed by atoms with Gasteiger partial charge in [-0.2, -0.15) is 0 Å². The van der Waals surface area contributed by atoms with Gasteiger partial charge in [0.25, 0.3) is 11.8 Å². The molecule has 7 heteroatoms. The molecular formula is C23H32N2O5. The van der Waals surface area contributed by atoms with E-state index in [4.69, 9.17) is 9.47 Å². The van der Waals surface area contributed by atoms with Crippen LogP contribution in [0.5, 0.6) is 5.75 Å². The van der Waals surface area contributed by atoms with Crippen LogP contribution in [0.4, 0.5) is 0 Å². The minimum atomic E-state index is -0.560. The van der Waals surface area contributed by atoms with Crippen molar-refractivity contribution in [1.82, 2.24) is 10.2 Å². The van der Waals surface area contributed by atoms with E-state index in [2.05, 4.69) is 19.2 Å². The van der Waals surface area contributed by atoms with Crippen LogP contribution in [0.3, 0.4) is 0 Å². The first kappa shape index (κ1) is 22.1. The minimum Gasteiger partial charge on any atom is -0.484 e.